The van der Waals surface area contributed by atoms with Crippen LogP contribution in [0, 0.1) is 0 Å². The molecule has 0 unspecified atom stereocenters. The SMILES string of the molecule is COc1ccc(-c2nc(CC(=O)OCC(=O)Nc3ccccc3C(C)=O)cs2)cc1. The summed E-state index contributed by atoms with van der Waals surface area (Å²) in [6.07, 6.45) is -0.0377. The number of aromatic nitrogens is 1. The number of carbonyl (C=O) groups is 3. The van der Waals surface area contributed by atoms with Crippen LogP contribution in [0.2, 0.25) is 0 Å². The van der Waals surface area contributed by atoms with E-state index in [2.05, 4.69) is 10.3 Å². The van der Waals surface area contributed by atoms with Crippen molar-refractivity contribution >= 4 is 34.7 Å². The van der Waals surface area contributed by atoms with E-state index in [9.17, 15) is 14.4 Å². The van der Waals surface area contributed by atoms with Crippen LogP contribution in [-0.4, -0.2) is 36.4 Å². The summed E-state index contributed by atoms with van der Waals surface area (Å²) < 4.78 is 10.2. The molecule has 3 rings (SSSR count). The Hall–Kier alpha value is -3.52. The van der Waals surface area contributed by atoms with Crippen molar-refractivity contribution in [1.29, 1.82) is 0 Å². The van der Waals surface area contributed by atoms with Crippen molar-refractivity contribution in [3.05, 3.63) is 65.2 Å². The molecule has 30 heavy (non-hydrogen) atoms. The highest BCUT2D eigenvalue weighted by Crippen LogP contribution is 2.26. The van der Waals surface area contributed by atoms with Crippen molar-refractivity contribution in [3.8, 4) is 16.3 Å². The van der Waals surface area contributed by atoms with E-state index in [-0.39, 0.29) is 12.2 Å². The monoisotopic (exact) mass is 424 g/mol. The lowest BCUT2D eigenvalue weighted by Crippen LogP contribution is -2.22. The van der Waals surface area contributed by atoms with Crippen LogP contribution in [0.15, 0.2) is 53.9 Å². The average Bonchev–Trinajstić information content (AvgIpc) is 3.21. The highest BCUT2D eigenvalue weighted by Gasteiger charge is 2.14. The predicted molar refractivity (Wildman–Crippen MR) is 114 cm³/mol. The van der Waals surface area contributed by atoms with Gasteiger partial charge >= 0.3 is 5.97 Å². The molecule has 1 heterocycles. The molecule has 0 spiro atoms. The van der Waals surface area contributed by atoms with Crippen LogP contribution in [0.25, 0.3) is 10.6 Å². The number of ether oxygens (including phenoxy) is 2. The van der Waals surface area contributed by atoms with Crippen LogP contribution in [0.1, 0.15) is 23.0 Å². The number of rotatable bonds is 8. The minimum absolute atomic E-state index is 0.0377. The number of hydrogen-bond acceptors (Lipinski definition) is 7. The molecule has 0 fully saturated rings. The van der Waals surface area contributed by atoms with E-state index in [4.69, 9.17) is 9.47 Å². The minimum Gasteiger partial charge on any atom is -0.497 e. The van der Waals surface area contributed by atoms with Crippen LogP contribution in [0.4, 0.5) is 5.69 Å². The van der Waals surface area contributed by atoms with E-state index in [1.807, 2.05) is 24.3 Å². The molecule has 0 radical (unpaired) electrons. The van der Waals surface area contributed by atoms with Gasteiger partial charge in [0.05, 0.1) is 24.9 Å². The molecule has 7 nitrogen and oxygen atoms in total. The second kappa shape index (κ2) is 9.80. The summed E-state index contributed by atoms with van der Waals surface area (Å²) >= 11 is 1.42. The number of nitrogens with one attached hydrogen (secondary N) is 1. The van der Waals surface area contributed by atoms with Gasteiger partial charge in [0.25, 0.3) is 5.91 Å². The van der Waals surface area contributed by atoms with Gasteiger partial charge in [-0.3, -0.25) is 14.4 Å². The molecule has 0 aliphatic carbocycles. The third-order valence-electron chi connectivity index (χ3n) is 4.16. The molecule has 0 saturated carbocycles. The van der Waals surface area contributed by atoms with Crippen LogP contribution in [0.5, 0.6) is 5.75 Å². The topological polar surface area (TPSA) is 94.6 Å². The number of anilines is 1. The first kappa shape index (κ1) is 21.2. The van der Waals surface area contributed by atoms with E-state index in [1.54, 1.807) is 36.8 Å². The Labute approximate surface area is 177 Å². The number of hydrogen-bond donors (Lipinski definition) is 1. The maximum absolute atomic E-state index is 12.1. The predicted octanol–water partition coefficient (Wildman–Crippen LogP) is 3.75. The number of Topliss-reactive ketones (excluding diaryl/α,β-unsaturated/α-hetero) is 1. The van der Waals surface area contributed by atoms with E-state index >= 15 is 0 Å². The Bertz CT molecular complexity index is 1060. The summed E-state index contributed by atoms with van der Waals surface area (Å²) in [6.45, 7) is 0.972. The molecule has 154 valence electrons. The van der Waals surface area contributed by atoms with Gasteiger partial charge in [0.1, 0.15) is 10.8 Å². The Morgan fingerprint density at radius 3 is 2.50 bits per heavy atom. The quantitative estimate of drug-likeness (QED) is 0.437. The van der Waals surface area contributed by atoms with Crippen molar-refractivity contribution in [2.75, 3.05) is 19.0 Å². The molecule has 1 N–H and O–H groups in total. The molecule has 0 saturated heterocycles. The van der Waals surface area contributed by atoms with Gasteiger partial charge in [-0.05, 0) is 43.3 Å². The molecule has 1 aromatic heterocycles. The van der Waals surface area contributed by atoms with Gasteiger partial charge in [-0.15, -0.1) is 11.3 Å². The lowest BCUT2D eigenvalue weighted by Gasteiger charge is -2.09. The zero-order chi connectivity index (χ0) is 21.5. The fourth-order valence-electron chi connectivity index (χ4n) is 2.68. The lowest BCUT2D eigenvalue weighted by atomic mass is 10.1. The smallest absolute Gasteiger partial charge is 0.312 e. The van der Waals surface area contributed by atoms with E-state index < -0.39 is 18.5 Å². The van der Waals surface area contributed by atoms with Crippen molar-refractivity contribution < 1.29 is 23.9 Å². The summed E-state index contributed by atoms with van der Waals surface area (Å²) in [5.74, 6) is -0.492. The maximum Gasteiger partial charge on any atom is 0.312 e. The number of nitrogens with zero attached hydrogens (tertiary/aromatic N) is 1. The number of esters is 1. The molecule has 0 aliphatic rings. The molecule has 0 atom stereocenters. The van der Waals surface area contributed by atoms with E-state index in [1.165, 1.54) is 18.3 Å². The highest BCUT2D eigenvalue weighted by atomic mass is 32.1. The number of methoxy groups -OCH3 is 1. The zero-order valence-corrected chi connectivity index (χ0v) is 17.3. The Morgan fingerprint density at radius 1 is 1.07 bits per heavy atom. The second-order valence-corrected chi connectivity index (χ2v) is 7.22. The second-order valence-electron chi connectivity index (χ2n) is 6.36. The summed E-state index contributed by atoms with van der Waals surface area (Å²) in [5.41, 5.74) is 2.27. The van der Waals surface area contributed by atoms with Crippen LogP contribution in [-0.2, 0) is 20.7 Å². The standard InChI is InChI=1S/C22H20N2O5S/c1-14(25)18-5-3-4-6-19(18)24-20(26)12-29-21(27)11-16-13-30-22(23-16)15-7-9-17(28-2)10-8-15/h3-10,13H,11-12H2,1-2H3,(H,24,26). The van der Waals surface area contributed by atoms with Gasteiger partial charge in [0, 0.05) is 16.5 Å². The Morgan fingerprint density at radius 2 is 1.80 bits per heavy atom. The molecular formula is C22H20N2O5S. The number of benzene rings is 2. The number of thiazole rings is 1. The first-order valence-electron chi connectivity index (χ1n) is 9.10. The summed E-state index contributed by atoms with van der Waals surface area (Å²) in [6, 6.07) is 14.1. The lowest BCUT2D eigenvalue weighted by molar-refractivity contribution is -0.146. The third-order valence-corrected chi connectivity index (χ3v) is 5.10. The van der Waals surface area contributed by atoms with Gasteiger partial charge in [0.15, 0.2) is 12.4 Å². The van der Waals surface area contributed by atoms with E-state index in [0.717, 1.165) is 16.3 Å². The maximum atomic E-state index is 12.1. The first-order chi connectivity index (χ1) is 14.5. The van der Waals surface area contributed by atoms with Gasteiger partial charge in [-0.2, -0.15) is 0 Å². The summed E-state index contributed by atoms with van der Waals surface area (Å²) in [5, 5.41) is 5.14. The number of amides is 1. The fourth-order valence-corrected chi connectivity index (χ4v) is 3.51. The van der Waals surface area contributed by atoms with Crippen molar-refractivity contribution in [2.24, 2.45) is 0 Å². The van der Waals surface area contributed by atoms with Crippen LogP contribution >= 0.6 is 11.3 Å². The molecule has 8 heteroatoms. The van der Waals surface area contributed by atoms with E-state index in [0.29, 0.717) is 16.9 Å². The molecule has 2 aromatic carbocycles. The normalized spacial score (nSPS) is 10.3. The zero-order valence-electron chi connectivity index (χ0n) is 16.5. The largest absolute Gasteiger partial charge is 0.497 e. The van der Waals surface area contributed by atoms with Gasteiger partial charge in [-0.1, -0.05) is 12.1 Å². The van der Waals surface area contributed by atoms with Gasteiger partial charge in [0.2, 0.25) is 0 Å². The van der Waals surface area contributed by atoms with Crippen molar-refractivity contribution in [1.82, 2.24) is 4.98 Å². The van der Waals surface area contributed by atoms with Gasteiger partial charge < -0.3 is 14.8 Å². The average molecular weight is 424 g/mol. The molecule has 0 bridgehead atoms. The molecule has 0 aliphatic heterocycles. The van der Waals surface area contributed by atoms with Crippen LogP contribution in [0.3, 0.4) is 0 Å². The van der Waals surface area contributed by atoms with Gasteiger partial charge in [-0.25, -0.2) is 4.98 Å². The Kier molecular flexibility index (Phi) is 6.92. The van der Waals surface area contributed by atoms with Crippen molar-refractivity contribution in [3.63, 3.8) is 0 Å². The highest BCUT2D eigenvalue weighted by molar-refractivity contribution is 7.13. The number of para-hydroxylation sites is 1. The Balaban J connectivity index is 1.52. The van der Waals surface area contributed by atoms with Crippen LogP contribution < -0.4 is 10.1 Å². The number of carbonyl (C=O) groups excluding carboxylic acids is 3. The molecular weight excluding hydrogens is 404 g/mol. The third kappa shape index (κ3) is 5.51. The molecule has 3 aromatic rings. The molecule has 1 amide bonds. The fraction of sp³-hybridized carbons (Fsp3) is 0.182. The van der Waals surface area contributed by atoms with Crippen molar-refractivity contribution in [2.45, 2.75) is 13.3 Å². The first-order valence-corrected chi connectivity index (χ1v) is 9.98. The summed E-state index contributed by atoms with van der Waals surface area (Å²) in [7, 11) is 1.60. The minimum atomic E-state index is -0.559. The number of ketones is 1. The summed E-state index contributed by atoms with van der Waals surface area (Å²) in [4.78, 5) is 40.2.